The quantitative estimate of drug-likeness (QED) is 0.827. The molecule has 0 saturated heterocycles. The molecule has 2 fully saturated rings. The highest BCUT2D eigenvalue weighted by molar-refractivity contribution is 7.92. The highest BCUT2D eigenvalue weighted by Gasteiger charge is 2.41. The van der Waals surface area contributed by atoms with Crippen LogP contribution < -0.4 is 9.62 Å². The fourth-order valence-corrected chi connectivity index (χ4v) is 5.83. The van der Waals surface area contributed by atoms with Crippen molar-refractivity contribution >= 4 is 21.6 Å². The fourth-order valence-electron chi connectivity index (χ4n) is 4.62. The Labute approximate surface area is 157 Å². The van der Waals surface area contributed by atoms with Crippen LogP contribution in [0.3, 0.4) is 0 Å². The van der Waals surface area contributed by atoms with E-state index in [9.17, 15) is 13.2 Å². The lowest BCUT2D eigenvalue weighted by atomic mass is 9.95. The summed E-state index contributed by atoms with van der Waals surface area (Å²) in [4.78, 5) is 13.0. The van der Waals surface area contributed by atoms with Crippen LogP contribution in [0.2, 0.25) is 0 Å². The average molecular weight is 379 g/mol. The Morgan fingerprint density at radius 2 is 1.96 bits per heavy atom. The second-order valence-corrected chi connectivity index (χ2v) is 9.90. The molecule has 5 nitrogen and oxygen atoms in total. The number of nitrogens with one attached hydrogen (secondary N) is 1. The van der Waals surface area contributed by atoms with E-state index in [2.05, 4.69) is 5.32 Å². The summed E-state index contributed by atoms with van der Waals surface area (Å²) in [6, 6.07) is 5.03. The predicted molar refractivity (Wildman–Crippen MR) is 105 cm³/mol. The van der Waals surface area contributed by atoms with E-state index in [4.69, 9.17) is 0 Å². The van der Waals surface area contributed by atoms with E-state index < -0.39 is 16.1 Å². The van der Waals surface area contributed by atoms with Crippen molar-refractivity contribution in [3.63, 3.8) is 0 Å². The van der Waals surface area contributed by atoms with Crippen molar-refractivity contribution in [3.05, 3.63) is 29.3 Å². The number of nitrogens with zero attached hydrogens (tertiary/aromatic N) is 1. The number of fused-ring (bicyclic) bond motifs is 2. The van der Waals surface area contributed by atoms with E-state index in [1.165, 1.54) is 29.8 Å². The monoisotopic (exact) mass is 378 g/mol. The highest BCUT2D eigenvalue weighted by Crippen LogP contribution is 2.44. The Morgan fingerprint density at radius 3 is 2.46 bits per heavy atom. The van der Waals surface area contributed by atoms with Crippen LogP contribution in [0.15, 0.2) is 18.2 Å². The van der Waals surface area contributed by atoms with Crippen molar-refractivity contribution in [3.8, 4) is 0 Å². The van der Waals surface area contributed by atoms with Gasteiger partial charge in [0, 0.05) is 6.04 Å². The van der Waals surface area contributed by atoms with Gasteiger partial charge in [0.05, 0.1) is 11.9 Å². The minimum absolute atomic E-state index is 0.172. The van der Waals surface area contributed by atoms with Crippen LogP contribution in [0.4, 0.5) is 5.69 Å². The third kappa shape index (κ3) is 3.75. The van der Waals surface area contributed by atoms with Crippen LogP contribution in [-0.2, 0) is 14.8 Å². The first-order chi connectivity index (χ1) is 12.2. The molecular formula is C20H30N2O3S. The van der Waals surface area contributed by atoms with Crippen LogP contribution in [-0.4, -0.2) is 32.7 Å². The molecule has 1 N–H and O–H groups in total. The number of benzene rings is 1. The average Bonchev–Trinajstić information content (AvgIpc) is 3.16. The van der Waals surface area contributed by atoms with Gasteiger partial charge in [-0.2, -0.15) is 0 Å². The number of hydrogen-bond donors (Lipinski definition) is 1. The molecule has 144 valence electrons. The number of aryl methyl sites for hydroxylation is 2. The molecule has 0 aliphatic heterocycles. The van der Waals surface area contributed by atoms with E-state index in [0.29, 0.717) is 18.0 Å². The molecule has 0 spiro atoms. The normalized spacial score (nSPS) is 25.9. The third-order valence-electron chi connectivity index (χ3n) is 6.14. The van der Waals surface area contributed by atoms with Crippen molar-refractivity contribution in [2.45, 2.75) is 65.0 Å². The second kappa shape index (κ2) is 7.22. The van der Waals surface area contributed by atoms with Crippen molar-refractivity contribution < 1.29 is 13.2 Å². The molecule has 0 unspecified atom stereocenters. The van der Waals surface area contributed by atoms with Gasteiger partial charge >= 0.3 is 0 Å². The van der Waals surface area contributed by atoms with Crippen LogP contribution in [0, 0.1) is 25.7 Å². The Kier molecular flexibility index (Phi) is 5.33. The van der Waals surface area contributed by atoms with Crippen molar-refractivity contribution in [1.82, 2.24) is 5.32 Å². The fraction of sp³-hybridized carbons (Fsp3) is 0.650. The third-order valence-corrected chi connectivity index (χ3v) is 7.32. The maximum absolute atomic E-state index is 13.0. The minimum atomic E-state index is -3.58. The van der Waals surface area contributed by atoms with Gasteiger partial charge in [0.15, 0.2) is 0 Å². The Morgan fingerprint density at radius 1 is 1.23 bits per heavy atom. The first-order valence-corrected chi connectivity index (χ1v) is 11.4. The highest BCUT2D eigenvalue weighted by atomic mass is 32.2. The van der Waals surface area contributed by atoms with Gasteiger partial charge in [-0.25, -0.2) is 8.42 Å². The van der Waals surface area contributed by atoms with Gasteiger partial charge in [0.1, 0.15) is 6.04 Å². The molecule has 3 rings (SSSR count). The summed E-state index contributed by atoms with van der Waals surface area (Å²) >= 11 is 0. The second-order valence-electron chi connectivity index (χ2n) is 8.04. The maximum atomic E-state index is 13.0. The van der Waals surface area contributed by atoms with Crippen LogP contribution in [0.25, 0.3) is 0 Å². The number of sulfonamides is 1. The minimum Gasteiger partial charge on any atom is -0.351 e. The van der Waals surface area contributed by atoms with Gasteiger partial charge in [-0.05, 0) is 74.6 Å². The summed E-state index contributed by atoms with van der Waals surface area (Å²) in [5.74, 6) is 1.12. The van der Waals surface area contributed by atoms with Gasteiger partial charge in [0.25, 0.3) is 0 Å². The van der Waals surface area contributed by atoms with E-state index >= 15 is 0 Å². The maximum Gasteiger partial charge on any atom is 0.244 e. The van der Waals surface area contributed by atoms with Crippen molar-refractivity contribution in [1.29, 1.82) is 0 Å². The van der Waals surface area contributed by atoms with Crippen LogP contribution >= 0.6 is 0 Å². The van der Waals surface area contributed by atoms with Crippen molar-refractivity contribution in [2.75, 3.05) is 10.6 Å². The molecule has 1 amide bonds. The summed E-state index contributed by atoms with van der Waals surface area (Å²) < 4.78 is 26.4. The van der Waals surface area contributed by atoms with E-state index in [1.807, 2.05) is 32.9 Å². The SMILES string of the molecule is CC[C@@H](C(=O)N[C@H]1C[C@H]2CC[C@H]1C2)N(c1ccc(C)c(C)c1)S(C)(=O)=O. The Balaban J connectivity index is 1.85. The number of anilines is 1. The standard InChI is InChI=1S/C20H30N2O3S/c1-5-19(20(23)21-18-12-15-7-8-16(18)11-15)22(26(4,24)25)17-9-6-13(2)14(3)10-17/h6,9-10,15-16,18-19H,5,7-8,11-12H2,1-4H3,(H,21,23)/t15-,16-,18-,19-/m0/s1. The predicted octanol–water partition coefficient (Wildman–Crippen LogP) is 3.15. The van der Waals surface area contributed by atoms with Gasteiger partial charge in [-0.15, -0.1) is 0 Å². The molecule has 2 aliphatic carbocycles. The molecule has 1 aromatic carbocycles. The Bertz CT molecular complexity index is 790. The van der Waals surface area contributed by atoms with Crippen LogP contribution in [0.1, 0.15) is 50.2 Å². The molecule has 2 saturated carbocycles. The van der Waals surface area contributed by atoms with Crippen molar-refractivity contribution in [2.24, 2.45) is 11.8 Å². The van der Waals surface area contributed by atoms with Gasteiger partial charge in [-0.1, -0.05) is 19.4 Å². The molecular weight excluding hydrogens is 348 g/mol. The zero-order chi connectivity index (χ0) is 19.1. The molecule has 6 heteroatoms. The van der Waals surface area contributed by atoms with Gasteiger partial charge in [0.2, 0.25) is 15.9 Å². The molecule has 4 atom stereocenters. The summed E-state index contributed by atoms with van der Waals surface area (Å²) in [6.45, 7) is 5.81. The lowest BCUT2D eigenvalue weighted by Crippen LogP contribution is -2.52. The number of amides is 1. The first kappa shape index (κ1) is 19.2. The van der Waals surface area contributed by atoms with Crippen LogP contribution in [0.5, 0.6) is 0 Å². The zero-order valence-electron chi connectivity index (χ0n) is 16.2. The number of carbonyl (C=O) groups excluding carboxylic acids is 1. The largest absolute Gasteiger partial charge is 0.351 e. The summed E-state index contributed by atoms with van der Waals surface area (Å²) in [5.41, 5.74) is 2.67. The molecule has 26 heavy (non-hydrogen) atoms. The Hall–Kier alpha value is -1.56. The molecule has 2 bridgehead atoms. The smallest absolute Gasteiger partial charge is 0.244 e. The zero-order valence-corrected chi connectivity index (χ0v) is 17.0. The first-order valence-electron chi connectivity index (χ1n) is 9.57. The summed E-state index contributed by atoms with van der Waals surface area (Å²) in [7, 11) is -3.58. The summed E-state index contributed by atoms with van der Waals surface area (Å²) in [5, 5.41) is 3.16. The topological polar surface area (TPSA) is 66.5 Å². The molecule has 1 aromatic rings. The van der Waals surface area contributed by atoms with Gasteiger partial charge in [-0.3, -0.25) is 9.10 Å². The van der Waals surface area contributed by atoms with Gasteiger partial charge < -0.3 is 5.32 Å². The lowest BCUT2D eigenvalue weighted by molar-refractivity contribution is -0.123. The lowest BCUT2D eigenvalue weighted by Gasteiger charge is -2.32. The molecule has 2 aliphatic rings. The number of carbonyl (C=O) groups is 1. The number of hydrogen-bond acceptors (Lipinski definition) is 3. The van der Waals surface area contributed by atoms with E-state index in [-0.39, 0.29) is 11.9 Å². The molecule has 0 radical (unpaired) electrons. The molecule has 0 heterocycles. The molecule has 0 aromatic heterocycles. The number of rotatable bonds is 6. The van der Waals surface area contributed by atoms with E-state index in [1.54, 1.807) is 6.07 Å². The van der Waals surface area contributed by atoms with E-state index in [0.717, 1.165) is 23.5 Å². The summed E-state index contributed by atoms with van der Waals surface area (Å²) in [6.07, 6.45) is 6.30.